The summed E-state index contributed by atoms with van der Waals surface area (Å²) in [6, 6.07) is 16.4. The molecule has 0 radical (unpaired) electrons. The van der Waals surface area contributed by atoms with Gasteiger partial charge in [0.15, 0.2) is 4.80 Å². The Hall–Kier alpha value is -4.26. The Morgan fingerprint density at radius 1 is 1.13 bits per heavy atom. The molecule has 1 aliphatic rings. The first kappa shape index (κ1) is 32.1. The summed E-state index contributed by atoms with van der Waals surface area (Å²) < 4.78 is 18.8. The Morgan fingerprint density at radius 2 is 1.87 bits per heavy atom. The highest BCUT2D eigenvalue weighted by Crippen LogP contribution is 2.38. The minimum absolute atomic E-state index is 0.0186. The SMILES string of the molecule is CCOC(=O)C1=C(C)N=c2s/c(=C\c3cc(Br)c(OCc4ccccc4Cl)c([N+](=O)[O-])c3)c(=O)n2[C@@H]1c1ccc(OCC)cc1. The lowest BCUT2D eigenvalue weighted by Crippen LogP contribution is -2.39. The minimum atomic E-state index is -0.806. The summed E-state index contributed by atoms with van der Waals surface area (Å²) in [5, 5.41) is 12.5. The smallest absolute Gasteiger partial charge is 0.338 e. The third kappa shape index (κ3) is 6.73. The standard InChI is InChI=1S/C32H27BrClN3O7S/c1-4-42-22-12-10-20(11-13-22)28-27(31(39)43-5-2)18(3)35-32-36(28)30(38)26(45-32)16-19-14-23(33)29(25(15-19)37(40)41)44-17-21-8-6-7-9-24(21)34/h6-16,28H,4-5,17H2,1-3H3/b26-16-/t28-/m1/s1. The molecule has 0 aliphatic carbocycles. The van der Waals surface area contributed by atoms with Gasteiger partial charge in [0.2, 0.25) is 5.75 Å². The normalized spacial score (nSPS) is 14.5. The minimum Gasteiger partial charge on any atom is -0.494 e. The highest BCUT2D eigenvalue weighted by atomic mass is 79.9. The van der Waals surface area contributed by atoms with Crippen molar-refractivity contribution < 1.29 is 23.9 Å². The predicted octanol–water partition coefficient (Wildman–Crippen LogP) is 6.10. The summed E-state index contributed by atoms with van der Waals surface area (Å²) in [6.45, 7) is 5.95. The lowest BCUT2D eigenvalue weighted by atomic mass is 9.96. The van der Waals surface area contributed by atoms with Gasteiger partial charge in [-0.25, -0.2) is 9.79 Å². The van der Waals surface area contributed by atoms with Crippen LogP contribution in [0.25, 0.3) is 6.08 Å². The molecule has 0 N–H and O–H groups in total. The molecular formula is C32H27BrClN3O7S. The molecule has 1 aromatic heterocycles. The van der Waals surface area contributed by atoms with Crippen LogP contribution in [0.4, 0.5) is 5.69 Å². The Kier molecular flexibility index (Phi) is 9.86. The second-order valence-electron chi connectivity index (χ2n) is 9.79. The van der Waals surface area contributed by atoms with Crippen LogP contribution in [0.1, 0.15) is 43.5 Å². The molecule has 5 rings (SSSR count). The molecule has 0 spiro atoms. The number of rotatable bonds is 10. The van der Waals surface area contributed by atoms with Crippen LogP contribution in [0, 0.1) is 10.1 Å². The summed E-state index contributed by atoms with van der Waals surface area (Å²) >= 11 is 10.7. The number of nitro groups is 1. The molecule has 10 nitrogen and oxygen atoms in total. The topological polar surface area (TPSA) is 122 Å². The lowest BCUT2D eigenvalue weighted by Gasteiger charge is -2.24. The van der Waals surface area contributed by atoms with Crippen LogP contribution in [0.3, 0.4) is 0 Å². The number of carbonyl (C=O) groups is 1. The molecule has 1 aliphatic heterocycles. The van der Waals surface area contributed by atoms with Crippen molar-refractivity contribution in [1.82, 2.24) is 4.57 Å². The third-order valence-electron chi connectivity index (χ3n) is 6.89. The number of nitro benzene ring substituents is 1. The zero-order valence-corrected chi connectivity index (χ0v) is 27.6. The maximum atomic E-state index is 14.0. The number of hydrogen-bond donors (Lipinski definition) is 0. The van der Waals surface area contributed by atoms with Crippen LogP contribution in [0.2, 0.25) is 5.02 Å². The van der Waals surface area contributed by atoms with Crippen molar-refractivity contribution in [2.75, 3.05) is 13.2 Å². The van der Waals surface area contributed by atoms with E-state index in [0.717, 1.165) is 11.3 Å². The second kappa shape index (κ2) is 13.8. The lowest BCUT2D eigenvalue weighted by molar-refractivity contribution is -0.386. The van der Waals surface area contributed by atoms with Gasteiger partial charge in [-0.05, 0) is 78.2 Å². The number of aromatic nitrogens is 1. The van der Waals surface area contributed by atoms with E-state index in [1.807, 2.05) is 6.92 Å². The zero-order chi connectivity index (χ0) is 32.2. The first-order valence-corrected chi connectivity index (χ1v) is 15.9. The van der Waals surface area contributed by atoms with E-state index in [2.05, 4.69) is 20.9 Å². The van der Waals surface area contributed by atoms with Crippen molar-refractivity contribution >= 4 is 56.6 Å². The number of ether oxygens (including phenoxy) is 3. The van der Waals surface area contributed by atoms with Gasteiger partial charge in [0.1, 0.15) is 12.4 Å². The molecular weight excluding hydrogens is 686 g/mol. The summed E-state index contributed by atoms with van der Waals surface area (Å²) in [4.78, 5) is 43.6. The maximum absolute atomic E-state index is 14.0. The Balaban J connectivity index is 1.60. The van der Waals surface area contributed by atoms with E-state index < -0.39 is 22.5 Å². The van der Waals surface area contributed by atoms with Gasteiger partial charge in [-0.3, -0.25) is 19.5 Å². The van der Waals surface area contributed by atoms with E-state index in [-0.39, 0.29) is 34.8 Å². The summed E-state index contributed by atoms with van der Waals surface area (Å²) in [7, 11) is 0. The predicted molar refractivity (Wildman–Crippen MR) is 175 cm³/mol. The summed E-state index contributed by atoms with van der Waals surface area (Å²) in [5.41, 5.74) is 1.71. The van der Waals surface area contributed by atoms with Crippen molar-refractivity contribution in [3.8, 4) is 11.5 Å². The van der Waals surface area contributed by atoms with Gasteiger partial charge < -0.3 is 14.2 Å². The maximum Gasteiger partial charge on any atom is 0.338 e. The van der Waals surface area contributed by atoms with Crippen molar-refractivity contribution in [3.63, 3.8) is 0 Å². The van der Waals surface area contributed by atoms with Crippen LogP contribution < -0.4 is 24.4 Å². The van der Waals surface area contributed by atoms with Crippen LogP contribution in [0.5, 0.6) is 11.5 Å². The van der Waals surface area contributed by atoms with E-state index in [4.69, 9.17) is 25.8 Å². The fraction of sp³-hybridized carbons (Fsp3) is 0.219. The number of fused-ring (bicyclic) bond motifs is 1. The van der Waals surface area contributed by atoms with Gasteiger partial charge in [-0.1, -0.05) is 53.3 Å². The number of allylic oxidation sites excluding steroid dienone is 1. The number of esters is 1. The monoisotopic (exact) mass is 711 g/mol. The molecule has 0 saturated heterocycles. The molecule has 0 saturated carbocycles. The molecule has 13 heteroatoms. The van der Waals surface area contributed by atoms with Crippen LogP contribution in [0.15, 0.2) is 86.2 Å². The molecule has 2 heterocycles. The molecule has 0 fully saturated rings. The Morgan fingerprint density at radius 3 is 2.53 bits per heavy atom. The van der Waals surface area contributed by atoms with Gasteiger partial charge in [0, 0.05) is 16.7 Å². The fourth-order valence-electron chi connectivity index (χ4n) is 4.90. The number of nitrogens with zero attached hydrogens (tertiary/aromatic N) is 3. The molecule has 45 heavy (non-hydrogen) atoms. The van der Waals surface area contributed by atoms with Crippen molar-refractivity contribution in [3.05, 3.63) is 128 Å². The molecule has 4 aromatic rings. The number of hydrogen-bond acceptors (Lipinski definition) is 9. The fourth-order valence-corrected chi connectivity index (χ4v) is 6.72. The number of halogens is 2. The highest BCUT2D eigenvalue weighted by Gasteiger charge is 2.33. The highest BCUT2D eigenvalue weighted by molar-refractivity contribution is 9.10. The van der Waals surface area contributed by atoms with Crippen molar-refractivity contribution in [1.29, 1.82) is 0 Å². The molecule has 1 atom stereocenters. The summed E-state index contributed by atoms with van der Waals surface area (Å²) in [5.74, 6) is 0.112. The zero-order valence-electron chi connectivity index (χ0n) is 24.4. The van der Waals surface area contributed by atoms with E-state index in [1.165, 1.54) is 10.6 Å². The van der Waals surface area contributed by atoms with Gasteiger partial charge in [-0.2, -0.15) is 0 Å². The van der Waals surface area contributed by atoms with Crippen molar-refractivity contribution in [2.45, 2.75) is 33.4 Å². The first-order valence-electron chi connectivity index (χ1n) is 13.9. The Labute approximate surface area is 275 Å². The van der Waals surface area contributed by atoms with Gasteiger partial charge in [0.25, 0.3) is 5.56 Å². The second-order valence-corrected chi connectivity index (χ2v) is 12.1. The van der Waals surface area contributed by atoms with Crippen LogP contribution in [-0.4, -0.2) is 28.7 Å². The third-order valence-corrected chi connectivity index (χ3v) is 8.84. The van der Waals surface area contributed by atoms with Gasteiger partial charge >= 0.3 is 11.7 Å². The molecule has 232 valence electrons. The van der Waals surface area contributed by atoms with Gasteiger partial charge in [-0.15, -0.1) is 0 Å². The van der Waals surface area contributed by atoms with Crippen LogP contribution >= 0.6 is 38.9 Å². The molecule has 0 unspecified atom stereocenters. The number of thiazole rings is 1. The van der Waals surface area contributed by atoms with Crippen LogP contribution in [-0.2, 0) is 16.1 Å². The largest absolute Gasteiger partial charge is 0.494 e. The number of benzene rings is 3. The first-order chi connectivity index (χ1) is 21.6. The van der Waals surface area contributed by atoms with Crippen molar-refractivity contribution in [2.24, 2.45) is 4.99 Å². The number of carbonyl (C=O) groups excluding carboxylic acids is 1. The van der Waals surface area contributed by atoms with Gasteiger partial charge in [0.05, 0.1) is 44.5 Å². The van der Waals surface area contributed by atoms with E-state index in [0.29, 0.717) is 49.0 Å². The quantitative estimate of drug-likeness (QED) is 0.111. The molecule has 0 amide bonds. The van der Waals surface area contributed by atoms with E-state index in [9.17, 15) is 19.7 Å². The summed E-state index contributed by atoms with van der Waals surface area (Å²) in [6.07, 6.45) is 1.55. The average Bonchev–Trinajstić information content (AvgIpc) is 3.30. The molecule has 3 aromatic carbocycles. The van der Waals surface area contributed by atoms with E-state index >= 15 is 0 Å². The Bertz CT molecular complexity index is 2000. The van der Waals surface area contributed by atoms with E-state index in [1.54, 1.807) is 74.5 Å². The molecule has 0 bridgehead atoms. The average molecular weight is 713 g/mol.